The summed E-state index contributed by atoms with van der Waals surface area (Å²) in [5, 5.41) is 2.67. The Balaban J connectivity index is 1.84. The van der Waals surface area contributed by atoms with E-state index in [-0.39, 0.29) is 16.6 Å². The summed E-state index contributed by atoms with van der Waals surface area (Å²) in [4.78, 5) is 36.5. The topological polar surface area (TPSA) is 119 Å². The highest BCUT2D eigenvalue weighted by Crippen LogP contribution is 2.17. The second kappa shape index (κ2) is 10.3. The molecule has 0 aliphatic rings. The number of sulfonamides is 1. The Hall–Kier alpha value is -2.56. The number of hydrogen-bond acceptors (Lipinski definition) is 7. The summed E-state index contributed by atoms with van der Waals surface area (Å²) in [7, 11) is -3.87. The average molecular weight is 439 g/mol. The van der Waals surface area contributed by atoms with E-state index in [1.807, 2.05) is 0 Å². The minimum Gasteiger partial charge on any atom is -0.456 e. The second-order valence-corrected chi connectivity index (χ2v) is 9.07. The Kier molecular flexibility index (Phi) is 8.06. The van der Waals surface area contributed by atoms with Gasteiger partial charge in [0.25, 0.3) is 0 Å². The number of carbonyl (C=O) groups is 3. The molecule has 2 N–H and O–H groups in total. The van der Waals surface area contributed by atoms with Crippen molar-refractivity contribution in [3.8, 4) is 0 Å². The fourth-order valence-electron chi connectivity index (χ4n) is 2.31. The van der Waals surface area contributed by atoms with Crippen molar-refractivity contribution in [2.75, 3.05) is 13.2 Å². The zero-order chi connectivity index (χ0) is 21.4. The molecular weight excluding hydrogens is 416 g/mol. The number of amides is 1. The van der Waals surface area contributed by atoms with E-state index in [1.54, 1.807) is 30.3 Å². The molecule has 0 saturated carbocycles. The minimum atomic E-state index is -3.87. The van der Waals surface area contributed by atoms with Crippen LogP contribution in [0.5, 0.6) is 0 Å². The van der Waals surface area contributed by atoms with Crippen LogP contribution in [0.15, 0.2) is 47.4 Å². The van der Waals surface area contributed by atoms with Gasteiger partial charge in [0.1, 0.15) is 6.04 Å². The lowest BCUT2D eigenvalue weighted by molar-refractivity contribution is -0.144. The van der Waals surface area contributed by atoms with Gasteiger partial charge in [-0.1, -0.05) is 18.2 Å². The largest absolute Gasteiger partial charge is 0.456 e. The maximum Gasteiger partial charge on any atom is 0.324 e. The second-order valence-electron chi connectivity index (χ2n) is 6.19. The molecule has 0 aliphatic carbocycles. The normalized spacial score (nSPS) is 12.2. The monoisotopic (exact) mass is 438 g/mol. The zero-order valence-electron chi connectivity index (χ0n) is 16.0. The molecular formula is C19H22N2O6S2. The molecule has 0 spiro atoms. The van der Waals surface area contributed by atoms with E-state index in [0.29, 0.717) is 17.8 Å². The number of rotatable bonds is 10. The first kappa shape index (κ1) is 22.7. The zero-order valence-corrected chi connectivity index (χ0v) is 17.6. The van der Waals surface area contributed by atoms with E-state index in [4.69, 9.17) is 4.74 Å². The summed E-state index contributed by atoms with van der Waals surface area (Å²) >= 11 is 1.26. The van der Waals surface area contributed by atoms with E-state index in [9.17, 15) is 22.8 Å². The average Bonchev–Trinajstić information content (AvgIpc) is 3.15. The van der Waals surface area contributed by atoms with Crippen LogP contribution >= 0.6 is 11.3 Å². The molecule has 0 saturated heterocycles. The summed E-state index contributed by atoms with van der Waals surface area (Å²) in [6.45, 7) is 2.76. The Morgan fingerprint density at radius 3 is 2.45 bits per heavy atom. The molecule has 1 heterocycles. The molecule has 0 aliphatic heterocycles. The van der Waals surface area contributed by atoms with E-state index in [2.05, 4.69) is 10.0 Å². The van der Waals surface area contributed by atoms with Gasteiger partial charge >= 0.3 is 5.97 Å². The van der Waals surface area contributed by atoms with Gasteiger partial charge in [-0.2, -0.15) is 4.72 Å². The maximum absolute atomic E-state index is 12.2. The summed E-state index contributed by atoms with van der Waals surface area (Å²) < 4.78 is 31.6. The van der Waals surface area contributed by atoms with Crippen LogP contribution in [-0.2, 0) is 30.8 Å². The van der Waals surface area contributed by atoms with Gasteiger partial charge in [-0.15, -0.1) is 11.3 Å². The number of nitrogens with one attached hydrogen (secondary N) is 2. The van der Waals surface area contributed by atoms with Crippen molar-refractivity contribution in [2.24, 2.45) is 0 Å². The SMILES string of the molecule is CC(=O)NCCc1ccc(C(=O)COC(=O)[C@H](C)NS(=O)(=O)c2ccccc2)s1. The maximum atomic E-state index is 12.2. The number of carbonyl (C=O) groups excluding carboxylic acids is 3. The lowest BCUT2D eigenvalue weighted by Crippen LogP contribution is -2.40. The minimum absolute atomic E-state index is 0.0288. The predicted octanol–water partition coefficient (Wildman–Crippen LogP) is 1.52. The number of ether oxygens (including phenoxy) is 1. The Bertz CT molecular complexity index is 970. The third kappa shape index (κ3) is 7.08. The van der Waals surface area contributed by atoms with Crippen LogP contribution in [-0.4, -0.2) is 45.3 Å². The number of Topliss-reactive ketones (excluding diaryl/α,β-unsaturated/α-hetero) is 1. The van der Waals surface area contributed by atoms with Crippen LogP contribution in [0.4, 0.5) is 0 Å². The van der Waals surface area contributed by atoms with E-state index in [1.165, 1.54) is 37.3 Å². The molecule has 8 nitrogen and oxygen atoms in total. The summed E-state index contributed by atoms with van der Waals surface area (Å²) in [6, 6.07) is 9.89. The van der Waals surface area contributed by atoms with Crippen LogP contribution < -0.4 is 10.0 Å². The Morgan fingerprint density at radius 2 is 1.79 bits per heavy atom. The summed E-state index contributed by atoms with van der Waals surface area (Å²) in [5.41, 5.74) is 0. The molecule has 0 bridgehead atoms. The molecule has 1 amide bonds. The summed E-state index contributed by atoms with van der Waals surface area (Å²) in [5.74, 6) is -1.35. The number of hydrogen-bond donors (Lipinski definition) is 2. The van der Waals surface area contributed by atoms with Crippen molar-refractivity contribution in [3.63, 3.8) is 0 Å². The molecule has 10 heteroatoms. The third-order valence-corrected chi connectivity index (χ3v) is 6.51. The molecule has 29 heavy (non-hydrogen) atoms. The summed E-state index contributed by atoms with van der Waals surface area (Å²) in [6.07, 6.45) is 0.593. The van der Waals surface area contributed by atoms with Crippen LogP contribution in [0, 0.1) is 0 Å². The van der Waals surface area contributed by atoms with E-state index in [0.717, 1.165) is 4.88 Å². The van der Waals surface area contributed by atoms with Gasteiger partial charge in [0.05, 0.1) is 9.77 Å². The van der Waals surface area contributed by atoms with Crippen molar-refractivity contribution < 1.29 is 27.5 Å². The predicted molar refractivity (Wildman–Crippen MR) is 108 cm³/mol. The highest BCUT2D eigenvalue weighted by molar-refractivity contribution is 7.89. The molecule has 1 aromatic carbocycles. The smallest absolute Gasteiger partial charge is 0.324 e. The van der Waals surface area contributed by atoms with Gasteiger partial charge in [-0.25, -0.2) is 8.42 Å². The van der Waals surface area contributed by atoms with E-state index < -0.39 is 28.6 Å². The van der Waals surface area contributed by atoms with Crippen molar-refractivity contribution in [1.29, 1.82) is 0 Å². The lowest BCUT2D eigenvalue weighted by atomic mass is 10.3. The number of thiophene rings is 1. The first-order valence-electron chi connectivity index (χ1n) is 8.79. The molecule has 2 rings (SSSR count). The fraction of sp³-hybridized carbons (Fsp3) is 0.316. The molecule has 1 aromatic heterocycles. The Labute approximate surface area is 173 Å². The van der Waals surface area contributed by atoms with Gasteiger partial charge in [0.2, 0.25) is 21.7 Å². The van der Waals surface area contributed by atoms with Gasteiger partial charge in [0.15, 0.2) is 6.61 Å². The molecule has 1 atom stereocenters. The van der Waals surface area contributed by atoms with Crippen molar-refractivity contribution >= 4 is 39.0 Å². The molecule has 156 valence electrons. The fourth-order valence-corrected chi connectivity index (χ4v) is 4.45. The quantitative estimate of drug-likeness (QED) is 0.429. The van der Waals surface area contributed by atoms with Gasteiger partial charge in [-0.05, 0) is 37.6 Å². The standard InChI is InChI=1S/C19H22N2O6S2/c1-13(21-29(25,26)16-6-4-3-5-7-16)19(24)27-12-17(23)18-9-8-15(28-18)10-11-20-14(2)22/h3-9,13,21H,10-12H2,1-2H3,(H,20,22)/t13-/m0/s1. The first-order chi connectivity index (χ1) is 13.7. The number of ketones is 1. The van der Waals surface area contributed by atoms with Crippen LogP contribution in [0.1, 0.15) is 28.4 Å². The molecule has 2 aromatic rings. The number of esters is 1. The lowest BCUT2D eigenvalue weighted by Gasteiger charge is -2.13. The van der Waals surface area contributed by atoms with Crippen LogP contribution in [0.25, 0.3) is 0 Å². The third-order valence-electron chi connectivity index (χ3n) is 3.77. The van der Waals surface area contributed by atoms with Crippen LogP contribution in [0.3, 0.4) is 0 Å². The molecule has 0 unspecified atom stereocenters. The van der Waals surface area contributed by atoms with Crippen LogP contribution in [0.2, 0.25) is 0 Å². The Morgan fingerprint density at radius 1 is 1.10 bits per heavy atom. The highest BCUT2D eigenvalue weighted by Gasteiger charge is 2.24. The van der Waals surface area contributed by atoms with Gasteiger partial charge in [0, 0.05) is 18.3 Å². The molecule has 0 radical (unpaired) electrons. The van der Waals surface area contributed by atoms with Gasteiger partial charge < -0.3 is 10.1 Å². The van der Waals surface area contributed by atoms with Crippen molar-refractivity contribution in [1.82, 2.24) is 10.0 Å². The molecule has 0 fully saturated rings. The van der Waals surface area contributed by atoms with Crippen molar-refractivity contribution in [3.05, 3.63) is 52.2 Å². The highest BCUT2D eigenvalue weighted by atomic mass is 32.2. The van der Waals surface area contributed by atoms with Crippen molar-refractivity contribution in [2.45, 2.75) is 31.2 Å². The van der Waals surface area contributed by atoms with E-state index >= 15 is 0 Å². The first-order valence-corrected chi connectivity index (χ1v) is 11.1. The van der Waals surface area contributed by atoms with Gasteiger partial charge in [-0.3, -0.25) is 14.4 Å². The number of benzene rings is 1.